The van der Waals surface area contributed by atoms with Crippen LogP contribution in [-0.4, -0.2) is 12.5 Å². The zero-order chi connectivity index (χ0) is 11.9. The molecule has 0 fully saturated rings. The number of halogens is 2. The predicted molar refractivity (Wildman–Crippen MR) is 64.2 cm³/mol. The Morgan fingerprint density at radius 1 is 1.56 bits per heavy atom. The van der Waals surface area contributed by atoms with Crippen molar-refractivity contribution < 1.29 is 9.53 Å². The monoisotopic (exact) mass is 260 g/mol. The Balaban J connectivity index is 2.57. The molecule has 1 aromatic rings. The molecule has 1 heterocycles. The van der Waals surface area contributed by atoms with Gasteiger partial charge in [0.1, 0.15) is 10.7 Å². The van der Waals surface area contributed by atoms with Gasteiger partial charge in [-0.3, -0.25) is 4.79 Å². The number of carbonyl (C=O) groups is 1. The molecule has 1 amide bonds. The Morgan fingerprint density at radius 3 is 2.94 bits per heavy atom. The molecule has 3 N–H and O–H groups in total. The number of rotatable bonds is 0. The smallest absolute Gasteiger partial charge is 0.230 e. The van der Waals surface area contributed by atoms with Crippen molar-refractivity contribution in [1.29, 1.82) is 0 Å². The first-order chi connectivity index (χ1) is 7.50. The summed E-state index contributed by atoms with van der Waals surface area (Å²) in [6, 6.07) is 1.49. The highest BCUT2D eigenvalue weighted by Gasteiger charge is 2.25. The van der Waals surface area contributed by atoms with Crippen LogP contribution in [0.3, 0.4) is 0 Å². The number of anilines is 2. The van der Waals surface area contributed by atoms with Gasteiger partial charge in [0.05, 0.1) is 23.2 Å². The van der Waals surface area contributed by atoms with Crippen LogP contribution >= 0.6 is 23.2 Å². The summed E-state index contributed by atoms with van der Waals surface area (Å²) in [5.74, 6) is -0.0772. The Bertz CT molecular complexity index is 463. The number of carbonyl (C=O) groups excluding carboxylic acids is 1. The molecule has 1 aliphatic heterocycles. The molecular weight excluding hydrogens is 251 g/mol. The van der Waals surface area contributed by atoms with Crippen LogP contribution in [0.15, 0.2) is 6.07 Å². The molecule has 1 atom stereocenters. The highest BCUT2D eigenvalue weighted by Crippen LogP contribution is 2.44. The van der Waals surface area contributed by atoms with E-state index in [1.807, 2.05) is 0 Å². The number of ether oxygens (including phenoxy) is 1. The van der Waals surface area contributed by atoms with Crippen molar-refractivity contribution in [2.45, 2.75) is 6.92 Å². The van der Waals surface area contributed by atoms with E-state index in [1.165, 1.54) is 6.07 Å². The molecule has 0 radical (unpaired) electrons. The van der Waals surface area contributed by atoms with Gasteiger partial charge >= 0.3 is 0 Å². The Morgan fingerprint density at radius 2 is 2.25 bits per heavy atom. The fourth-order valence-electron chi connectivity index (χ4n) is 1.40. The van der Waals surface area contributed by atoms with E-state index in [4.69, 9.17) is 33.7 Å². The van der Waals surface area contributed by atoms with E-state index in [2.05, 4.69) is 5.32 Å². The van der Waals surface area contributed by atoms with E-state index in [0.29, 0.717) is 22.1 Å². The lowest BCUT2D eigenvalue weighted by atomic mass is 10.2. The maximum absolute atomic E-state index is 11.6. The van der Waals surface area contributed by atoms with Crippen LogP contribution in [0.2, 0.25) is 10.0 Å². The van der Waals surface area contributed by atoms with Crippen LogP contribution in [0.4, 0.5) is 11.4 Å². The number of nitrogens with two attached hydrogens (primary N) is 1. The largest absolute Gasteiger partial charge is 0.489 e. The summed E-state index contributed by atoms with van der Waals surface area (Å²) in [5.41, 5.74) is 6.37. The number of hydrogen-bond acceptors (Lipinski definition) is 3. The number of fused-ring (bicyclic) bond motifs is 1. The molecule has 16 heavy (non-hydrogen) atoms. The van der Waals surface area contributed by atoms with Crippen LogP contribution in [-0.2, 0) is 4.79 Å². The van der Waals surface area contributed by atoms with Crippen LogP contribution < -0.4 is 15.8 Å². The SMILES string of the molecule is CC1COc2c(Cl)c(N)cc(Cl)c2NC1=O. The average Bonchev–Trinajstić information content (AvgIpc) is 2.37. The van der Waals surface area contributed by atoms with Crippen LogP contribution in [0.25, 0.3) is 0 Å². The summed E-state index contributed by atoms with van der Waals surface area (Å²) in [7, 11) is 0. The van der Waals surface area contributed by atoms with Gasteiger partial charge < -0.3 is 15.8 Å². The molecule has 0 aromatic heterocycles. The molecule has 0 spiro atoms. The lowest BCUT2D eigenvalue weighted by Crippen LogP contribution is -2.22. The van der Waals surface area contributed by atoms with Crippen molar-refractivity contribution in [3.63, 3.8) is 0 Å². The van der Waals surface area contributed by atoms with Crippen molar-refractivity contribution in [2.24, 2.45) is 5.92 Å². The van der Waals surface area contributed by atoms with Gasteiger partial charge in [0.15, 0.2) is 5.75 Å². The van der Waals surface area contributed by atoms with E-state index in [0.717, 1.165) is 0 Å². The van der Waals surface area contributed by atoms with E-state index in [-0.39, 0.29) is 23.5 Å². The van der Waals surface area contributed by atoms with Gasteiger partial charge in [-0.15, -0.1) is 0 Å². The van der Waals surface area contributed by atoms with E-state index < -0.39 is 0 Å². The number of benzene rings is 1. The first-order valence-electron chi connectivity index (χ1n) is 4.72. The van der Waals surface area contributed by atoms with Crippen molar-refractivity contribution in [3.05, 3.63) is 16.1 Å². The molecule has 0 bridgehead atoms. The highest BCUT2D eigenvalue weighted by molar-refractivity contribution is 6.39. The minimum atomic E-state index is -0.263. The first kappa shape index (κ1) is 11.4. The summed E-state index contributed by atoms with van der Waals surface area (Å²) in [6.07, 6.45) is 0. The van der Waals surface area contributed by atoms with E-state index >= 15 is 0 Å². The summed E-state index contributed by atoms with van der Waals surface area (Å²) in [6.45, 7) is 2.00. The fraction of sp³-hybridized carbons (Fsp3) is 0.300. The highest BCUT2D eigenvalue weighted by atomic mass is 35.5. The minimum Gasteiger partial charge on any atom is -0.489 e. The Labute approximate surface area is 103 Å². The fourth-order valence-corrected chi connectivity index (χ4v) is 1.86. The van der Waals surface area contributed by atoms with Crippen molar-refractivity contribution >= 4 is 40.5 Å². The molecule has 0 saturated carbocycles. The lowest BCUT2D eigenvalue weighted by molar-refractivity contribution is -0.119. The third-order valence-electron chi connectivity index (χ3n) is 2.37. The quantitative estimate of drug-likeness (QED) is 0.705. The third kappa shape index (κ3) is 1.79. The molecule has 6 heteroatoms. The number of nitrogen functional groups attached to an aromatic ring is 1. The van der Waals surface area contributed by atoms with Gasteiger partial charge in [-0.1, -0.05) is 30.1 Å². The van der Waals surface area contributed by atoms with Crippen LogP contribution in [0, 0.1) is 5.92 Å². The second kappa shape index (κ2) is 4.03. The Kier molecular flexibility index (Phi) is 2.86. The summed E-state index contributed by atoms with van der Waals surface area (Å²) in [5, 5.41) is 3.26. The molecule has 86 valence electrons. The van der Waals surface area contributed by atoms with Gasteiger partial charge in [-0.2, -0.15) is 0 Å². The van der Waals surface area contributed by atoms with Gasteiger partial charge in [-0.05, 0) is 6.07 Å². The summed E-state index contributed by atoms with van der Waals surface area (Å²) in [4.78, 5) is 11.6. The molecule has 2 rings (SSSR count). The zero-order valence-corrected chi connectivity index (χ0v) is 10.0. The average molecular weight is 261 g/mol. The number of nitrogens with one attached hydrogen (secondary N) is 1. The summed E-state index contributed by atoms with van der Waals surface area (Å²) < 4.78 is 5.44. The summed E-state index contributed by atoms with van der Waals surface area (Å²) >= 11 is 12.0. The molecule has 1 aliphatic rings. The van der Waals surface area contributed by atoms with Crippen LogP contribution in [0.5, 0.6) is 5.75 Å². The second-order valence-electron chi connectivity index (χ2n) is 3.67. The van der Waals surface area contributed by atoms with E-state index in [9.17, 15) is 4.79 Å². The second-order valence-corrected chi connectivity index (χ2v) is 4.45. The molecular formula is C10H10Cl2N2O2. The van der Waals surface area contributed by atoms with Crippen molar-refractivity contribution in [1.82, 2.24) is 0 Å². The minimum absolute atomic E-state index is 0.151. The maximum atomic E-state index is 11.6. The van der Waals surface area contributed by atoms with Crippen molar-refractivity contribution in [2.75, 3.05) is 17.7 Å². The topological polar surface area (TPSA) is 64.3 Å². The van der Waals surface area contributed by atoms with Gasteiger partial charge in [-0.25, -0.2) is 0 Å². The molecule has 0 saturated heterocycles. The maximum Gasteiger partial charge on any atom is 0.230 e. The zero-order valence-electron chi connectivity index (χ0n) is 8.51. The van der Waals surface area contributed by atoms with Gasteiger partial charge in [0.25, 0.3) is 0 Å². The van der Waals surface area contributed by atoms with Gasteiger partial charge in [0, 0.05) is 0 Å². The normalized spacial score (nSPS) is 19.4. The first-order valence-corrected chi connectivity index (χ1v) is 5.47. The third-order valence-corrected chi connectivity index (χ3v) is 3.06. The van der Waals surface area contributed by atoms with E-state index in [1.54, 1.807) is 6.92 Å². The van der Waals surface area contributed by atoms with Gasteiger partial charge in [0.2, 0.25) is 5.91 Å². The van der Waals surface area contributed by atoms with Crippen LogP contribution in [0.1, 0.15) is 6.92 Å². The number of amides is 1. The molecule has 0 aliphatic carbocycles. The predicted octanol–water partition coefficient (Wildman–Crippen LogP) is 2.54. The molecule has 1 unspecified atom stereocenters. The molecule has 4 nitrogen and oxygen atoms in total. The Hall–Kier alpha value is -1.13. The standard InChI is InChI=1S/C10H10Cl2N2O2/c1-4-3-16-9-7(12)6(13)2-5(11)8(9)14-10(4)15/h2,4H,3,13H2,1H3,(H,14,15). The van der Waals surface area contributed by atoms with Crippen molar-refractivity contribution in [3.8, 4) is 5.75 Å². The lowest BCUT2D eigenvalue weighted by Gasteiger charge is -2.12. The number of hydrogen-bond donors (Lipinski definition) is 2. The molecule has 1 aromatic carbocycles.